The van der Waals surface area contributed by atoms with Gasteiger partial charge in [-0.1, -0.05) is 18.2 Å². The number of benzene rings is 1. The fraction of sp³-hybridized carbons (Fsp3) is 0.300. The lowest BCUT2D eigenvalue weighted by Crippen LogP contribution is -2.22. The molecule has 1 fully saturated rings. The van der Waals surface area contributed by atoms with Crippen LogP contribution in [-0.4, -0.2) is 12.5 Å². The van der Waals surface area contributed by atoms with Crippen LogP contribution in [0, 0.1) is 0 Å². The highest BCUT2D eigenvalue weighted by Gasteiger charge is 2.28. The molecule has 0 unspecified atom stereocenters. The van der Waals surface area contributed by atoms with Gasteiger partial charge in [0.05, 0.1) is 0 Å². The topological polar surface area (TPSA) is 20.3 Å². The van der Waals surface area contributed by atoms with Gasteiger partial charge >= 0.3 is 0 Å². The van der Waals surface area contributed by atoms with Crippen LogP contribution >= 0.6 is 0 Å². The minimum Gasteiger partial charge on any atom is -0.312 e. The summed E-state index contributed by atoms with van der Waals surface area (Å²) in [4.78, 5) is 12.5. The van der Waals surface area contributed by atoms with Crippen molar-refractivity contribution in [1.29, 1.82) is 0 Å². The first kappa shape index (κ1) is 7.35. The van der Waals surface area contributed by atoms with Gasteiger partial charge in [0, 0.05) is 11.7 Å². The maximum absolute atomic E-state index is 10.7. The van der Waals surface area contributed by atoms with Crippen molar-refractivity contribution in [3.05, 3.63) is 30.3 Å². The third-order valence-corrected chi connectivity index (χ3v) is 2.11. The predicted molar refractivity (Wildman–Crippen MR) is 48.0 cm³/mol. The Morgan fingerprint density at radius 3 is 2.42 bits per heavy atom. The maximum Gasteiger partial charge on any atom is 0.214 e. The number of hydrogen-bond donors (Lipinski definition) is 0. The second kappa shape index (κ2) is 2.97. The van der Waals surface area contributed by atoms with E-state index in [2.05, 4.69) is 0 Å². The van der Waals surface area contributed by atoms with E-state index in [1.54, 1.807) is 4.90 Å². The first-order valence-electron chi connectivity index (χ1n) is 4.20. The van der Waals surface area contributed by atoms with Gasteiger partial charge in [-0.3, -0.25) is 4.79 Å². The summed E-state index contributed by atoms with van der Waals surface area (Å²) in [5.41, 5.74) is 1.01. The zero-order chi connectivity index (χ0) is 8.39. The summed E-state index contributed by atoms with van der Waals surface area (Å²) in [5, 5.41) is 0. The first-order valence-corrected chi connectivity index (χ1v) is 4.20. The number of rotatable bonds is 3. The molecule has 1 aliphatic rings. The summed E-state index contributed by atoms with van der Waals surface area (Å²) in [7, 11) is 0. The molecule has 2 rings (SSSR count). The van der Waals surface area contributed by atoms with E-state index in [1.165, 1.54) is 0 Å². The Morgan fingerprint density at radius 1 is 1.25 bits per heavy atom. The quantitative estimate of drug-likeness (QED) is 0.619. The van der Waals surface area contributed by atoms with Crippen LogP contribution in [0.1, 0.15) is 12.8 Å². The van der Waals surface area contributed by atoms with Crippen molar-refractivity contribution in [2.75, 3.05) is 4.90 Å². The summed E-state index contributed by atoms with van der Waals surface area (Å²) in [5.74, 6) is 0. The lowest BCUT2D eigenvalue weighted by Gasteiger charge is -2.15. The number of amides is 1. The highest BCUT2D eigenvalue weighted by atomic mass is 16.1. The van der Waals surface area contributed by atoms with Gasteiger partial charge in [-0.05, 0) is 25.0 Å². The molecule has 2 nitrogen and oxygen atoms in total. The van der Waals surface area contributed by atoms with Gasteiger partial charge in [0.1, 0.15) is 0 Å². The third kappa shape index (κ3) is 1.33. The van der Waals surface area contributed by atoms with Crippen molar-refractivity contribution in [2.45, 2.75) is 18.9 Å². The van der Waals surface area contributed by atoms with E-state index in [4.69, 9.17) is 0 Å². The second-order valence-corrected chi connectivity index (χ2v) is 3.08. The van der Waals surface area contributed by atoms with Crippen LogP contribution in [0.25, 0.3) is 0 Å². The van der Waals surface area contributed by atoms with Crippen LogP contribution in [0.3, 0.4) is 0 Å². The van der Waals surface area contributed by atoms with E-state index in [0.717, 1.165) is 24.9 Å². The Kier molecular flexibility index (Phi) is 1.82. The third-order valence-electron chi connectivity index (χ3n) is 2.11. The van der Waals surface area contributed by atoms with E-state index in [1.807, 2.05) is 30.3 Å². The largest absolute Gasteiger partial charge is 0.312 e. The molecule has 0 N–H and O–H groups in total. The molecule has 0 heterocycles. The molecule has 0 aliphatic heterocycles. The van der Waals surface area contributed by atoms with Gasteiger partial charge < -0.3 is 4.90 Å². The number of carbonyl (C=O) groups is 1. The molecule has 1 aliphatic carbocycles. The van der Waals surface area contributed by atoms with E-state index >= 15 is 0 Å². The minimum absolute atomic E-state index is 0.463. The molecule has 0 aromatic heterocycles. The maximum atomic E-state index is 10.7. The molecule has 2 heteroatoms. The summed E-state index contributed by atoms with van der Waals surface area (Å²) in [6, 6.07) is 10.3. The molecule has 1 amide bonds. The molecule has 62 valence electrons. The number of hydrogen-bond acceptors (Lipinski definition) is 1. The zero-order valence-electron chi connectivity index (χ0n) is 6.81. The molecule has 1 aromatic carbocycles. The number of para-hydroxylation sites is 1. The van der Waals surface area contributed by atoms with E-state index in [-0.39, 0.29) is 0 Å². The first-order chi connectivity index (χ1) is 5.92. The summed E-state index contributed by atoms with van der Waals surface area (Å²) < 4.78 is 0. The predicted octanol–water partition coefficient (Wildman–Crippen LogP) is 1.81. The molecule has 0 bridgehead atoms. The Hall–Kier alpha value is -1.31. The van der Waals surface area contributed by atoms with Crippen LogP contribution in [0.5, 0.6) is 0 Å². The number of anilines is 1. The molecule has 12 heavy (non-hydrogen) atoms. The van der Waals surface area contributed by atoms with Crippen molar-refractivity contribution in [2.24, 2.45) is 0 Å². The van der Waals surface area contributed by atoms with E-state index < -0.39 is 0 Å². The van der Waals surface area contributed by atoms with E-state index in [9.17, 15) is 4.79 Å². The van der Waals surface area contributed by atoms with Gasteiger partial charge in [-0.15, -0.1) is 0 Å². The Labute approximate surface area is 71.8 Å². The fourth-order valence-electron chi connectivity index (χ4n) is 1.31. The van der Waals surface area contributed by atoms with Gasteiger partial charge in [-0.2, -0.15) is 0 Å². The molecule has 1 saturated carbocycles. The lowest BCUT2D eigenvalue weighted by molar-refractivity contribution is -0.107. The van der Waals surface area contributed by atoms with Crippen LogP contribution in [-0.2, 0) is 4.79 Å². The normalized spacial score (nSPS) is 15.7. The Balaban J connectivity index is 2.21. The molecule has 0 radical (unpaired) electrons. The second-order valence-electron chi connectivity index (χ2n) is 3.08. The fourth-order valence-corrected chi connectivity index (χ4v) is 1.31. The van der Waals surface area contributed by atoms with Crippen LogP contribution in [0.4, 0.5) is 5.69 Å². The SMILES string of the molecule is O=CN(c1ccccc1)C1CC1. The number of carbonyl (C=O) groups excluding carboxylic acids is 1. The van der Waals surface area contributed by atoms with Crippen molar-refractivity contribution >= 4 is 12.1 Å². The minimum atomic E-state index is 0.463. The van der Waals surface area contributed by atoms with Gasteiger partial charge in [0.15, 0.2) is 0 Å². The molecule has 0 saturated heterocycles. The zero-order valence-corrected chi connectivity index (χ0v) is 6.81. The number of nitrogens with zero attached hydrogens (tertiary/aromatic N) is 1. The van der Waals surface area contributed by atoms with Crippen LogP contribution in [0.2, 0.25) is 0 Å². The van der Waals surface area contributed by atoms with Crippen LogP contribution < -0.4 is 4.90 Å². The van der Waals surface area contributed by atoms with Crippen molar-refractivity contribution < 1.29 is 4.79 Å². The smallest absolute Gasteiger partial charge is 0.214 e. The monoisotopic (exact) mass is 161 g/mol. The average molecular weight is 161 g/mol. The van der Waals surface area contributed by atoms with E-state index in [0.29, 0.717) is 6.04 Å². The van der Waals surface area contributed by atoms with Crippen molar-refractivity contribution in [3.63, 3.8) is 0 Å². The van der Waals surface area contributed by atoms with Gasteiger partial charge in [-0.25, -0.2) is 0 Å². The van der Waals surface area contributed by atoms with Crippen LogP contribution in [0.15, 0.2) is 30.3 Å². The van der Waals surface area contributed by atoms with Gasteiger partial charge in [0.2, 0.25) is 6.41 Å². The Bertz CT molecular complexity index is 266. The van der Waals surface area contributed by atoms with Gasteiger partial charge in [0.25, 0.3) is 0 Å². The molecular formula is C10H11NO. The average Bonchev–Trinajstić information content (AvgIpc) is 2.92. The highest BCUT2D eigenvalue weighted by Crippen LogP contribution is 2.29. The Morgan fingerprint density at radius 2 is 1.92 bits per heavy atom. The molecular weight excluding hydrogens is 150 g/mol. The highest BCUT2D eigenvalue weighted by molar-refractivity contribution is 5.76. The van der Waals surface area contributed by atoms with Crippen molar-refractivity contribution in [1.82, 2.24) is 0 Å². The summed E-state index contributed by atoms with van der Waals surface area (Å²) in [6.07, 6.45) is 3.22. The molecule has 1 aromatic rings. The molecule has 0 atom stereocenters. The summed E-state index contributed by atoms with van der Waals surface area (Å²) >= 11 is 0. The van der Waals surface area contributed by atoms with Crippen molar-refractivity contribution in [3.8, 4) is 0 Å². The molecule has 0 spiro atoms. The summed E-state index contributed by atoms with van der Waals surface area (Å²) in [6.45, 7) is 0. The lowest BCUT2D eigenvalue weighted by atomic mass is 10.3. The standard InChI is InChI=1S/C10H11NO/c12-8-11(10-6-7-10)9-4-2-1-3-5-9/h1-5,8,10H,6-7H2.